The Labute approximate surface area is 87.8 Å². The second-order valence-electron chi connectivity index (χ2n) is 3.51. The molecule has 2 rings (SSSR count). The number of nitrogen functional groups attached to an aromatic ring is 1. The number of hydrogen-bond acceptors (Lipinski definition) is 4. The van der Waals surface area contributed by atoms with Crippen LogP contribution in [0.5, 0.6) is 5.88 Å². The number of fused-ring (bicyclic) bond motifs is 1. The molecule has 15 heavy (non-hydrogen) atoms. The summed E-state index contributed by atoms with van der Waals surface area (Å²) in [5, 5.41) is 10.3. The summed E-state index contributed by atoms with van der Waals surface area (Å²) in [5.41, 5.74) is 7.29. The molecule has 1 heterocycles. The summed E-state index contributed by atoms with van der Waals surface area (Å²) in [4.78, 5) is 7.77. The Balaban J connectivity index is 2.60. The Hall–Kier alpha value is -1.84. The minimum atomic E-state index is -0.0459. The molecule has 4 heteroatoms. The topological polar surface area (TPSA) is 72.0 Å². The molecule has 0 spiro atoms. The molecule has 0 saturated heterocycles. The number of rotatable bonds is 2. The number of benzene rings is 1. The highest BCUT2D eigenvalue weighted by Gasteiger charge is 2.05. The number of aryl methyl sites for hydroxylation is 1. The van der Waals surface area contributed by atoms with E-state index in [4.69, 9.17) is 5.73 Å². The molecule has 0 unspecified atom stereocenters. The monoisotopic (exact) mass is 203 g/mol. The number of aromatic nitrogens is 2. The van der Waals surface area contributed by atoms with Crippen molar-refractivity contribution in [2.75, 3.05) is 5.73 Å². The fourth-order valence-electron chi connectivity index (χ4n) is 1.62. The van der Waals surface area contributed by atoms with Crippen LogP contribution in [0.1, 0.15) is 18.9 Å². The second-order valence-corrected chi connectivity index (χ2v) is 3.51. The summed E-state index contributed by atoms with van der Waals surface area (Å²) in [6.45, 7) is 2.11. The Kier molecular flexibility index (Phi) is 2.41. The minimum absolute atomic E-state index is 0.0459. The third-order valence-electron chi connectivity index (χ3n) is 2.30. The molecule has 0 saturated carbocycles. The molecule has 1 aromatic heterocycles. The van der Waals surface area contributed by atoms with Crippen LogP contribution in [-0.4, -0.2) is 15.1 Å². The van der Waals surface area contributed by atoms with Crippen molar-refractivity contribution >= 4 is 16.9 Å². The average Bonchev–Trinajstić information content (AvgIpc) is 2.19. The lowest BCUT2D eigenvalue weighted by Gasteiger charge is -2.03. The first-order valence-corrected chi connectivity index (χ1v) is 4.96. The van der Waals surface area contributed by atoms with Crippen molar-refractivity contribution in [1.82, 2.24) is 9.97 Å². The predicted octanol–water partition coefficient (Wildman–Crippen LogP) is 1.87. The molecular formula is C11H13N3O. The van der Waals surface area contributed by atoms with Gasteiger partial charge in [-0.1, -0.05) is 19.4 Å². The van der Waals surface area contributed by atoms with Crippen LogP contribution in [0.3, 0.4) is 0 Å². The van der Waals surface area contributed by atoms with Gasteiger partial charge in [-0.2, -0.15) is 4.98 Å². The molecule has 0 bridgehead atoms. The smallest absolute Gasteiger partial charge is 0.223 e. The van der Waals surface area contributed by atoms with Crippen molar-refractivity contribution in [1.29, 1.82) is 0 Å². The van der Waals surface area contributed by atoms with Crippen molar-refractivity contribution < 1.29 is 5.11 Å². The van der Waals surface area contributed by atoms with E-state index in [1.165, 1.54) is 5.56 Å². The molecule has 0 atom stereocenters. The maximum Gasteiger partial charge on any atom is 0.223 e. The van der Waals surface area contributed by atoms with Gasteiger partial charge in [-0.3, -0.25) is 0 Å². The first-order valence-electron chi connectivity index (χ1n) is 4.96. The molecule has 0 amide bonds. The van der Waals surface area contributed by atoms with Gasteiger partial charge >= 0.3 is 0 Å². The fourth-order valence-corrected chi connectivity index (χ4v) is 1.62. The highest BCUT2D eigenvalue weighted by atomic mass is 16.3. The van der Waals surface area contributed by atoms with Crippen LogP contribution < -0.4 is 5.73 Å². The van der Waals surface area contributed by atoms with E-state index in [2.05, 4.69) is 16.9 Å². The zero-order valence-electron chi connectivity index (χ0n) is 8.57. The van der Waals surface area contributed by atoms with E-state index in [1.54, 1.807) is 0 Å². The molecule has 0 aliphatic heterocycles. The van der Waals surface area contributed by atoms with E-state index < -0.39 is 0 Å². The van der Waals surface area contributed by atoms with Crippen molar-refractivity contribution in [2.45, 2.75) is 19.8 Å². The summed E-state index contributed by atoms with van der Waals surface area (Å²) in [6, 6.07) is 5.77. The van der Waals surface area contributed by atoms with Crippen molar-refractivity contribution in [3.8, 4) is 5.88 Å². The van der Waals surface area contributed by atoms with Gasteiger partial charge in [0.25, 0.3) is 0 Å². The van der Waals surface area contributed by atoms with Gasteiger partial charge in [0.1, 0.15) is 0 Å². The largest absolute Gasteiger partial charge is 0.493 e. The zero-order valence-corrected chi connectivity index (χ0v) is 8.57. The standard InChI is InChI=1S/C11H13N3O/c1-2-3-7-4-5-9-8(6-7)10(15)14-11(12)13-9/h4-6H,2-3H2,1H3,(H3,12,13,14,15). The third kappa shape index (κ3) is 1.83. The quantitative estimate of drug-likeness (QED) is 0.781. The van der Waals surface area contributed by atoms with Crippen molar-refractivity contribution in [3.05, 3.63) is 23.8 Å². The maximum atomic E-state index is 9.61. The normalized spacial score (nSPS) is 10.7. The fraction of sp³-hybridized carbons (Fsp3) is 0.273. The van der Waals surface area contributed by atoms with Crippen LogP contribution in [0, 0.1) is 0 Å². The Morgan fingerprint density at radius 2 is 2.13 bits per heavy atom. The average molecular weight is 203 g/mol. The van der Waals surface area contributed by atoms with Crippen LogP contribution in [0.2, 0.25) is 0 Å². The lowest BCUT2D eigenvalue weighted by molar-refractivity contribution is 0.460. The number of hydrogen-bond donors (Lipinski definition) is 2. The van der Waals surface area contributed by atoms with Gasteiger partial charge in [-0.25, -0.2) is 4.98 Å². The second kappa shape index (κ2) is 3.73. The highest BCUT2D eigenvalue weighted by Crippen LogP contribution is 2.23. The first-order chi connectivity index (χ1) is 7.20. The molecule has 0 radical (unpaired) electrons. The van der Waals surface area contributed by atoms with Crippen LogP contribution in [0.25, 0.3) is 10.9 Å². The van der Waals surface area contributed by atoms with E-state index in [0.29, 0.717) is 10.9 Å². The number of nitrogens with zero attached hydrogens (tertiary/aromatic N) is 2. The van der Waals surface area contributed by atoms with E-state index in [1.807, 2.05) is 18.2 Å². The van der Waals surface area contributed by atoms with Crippen molar-refractivity contribution in [3.63, 3.8) is 0 Å². The molecule has 0 aliphatic carbocycles. The molecule has 0 fully saturated rings. The Morgan fingerprint density at radius 1 is 1.33 bits per heavy atom. The summed E-state index contributed by atoms with van der Waals surface area (Å²) >= 11 is 0. The lowest BCUT2D eigenvalue weighted by atomic mass is 10.1. The molecule has 4 nitrogen and oxygen atoms in total. The van der Waals surface area contributed by atoms with E-state index in [-0.39, 0.29) is 11.8 Å². The minimum Gasteiger partial charge on any atom is -0.493 e. The van der Waals surface area contributed by atoms with Crippen LogP contribution in [0.15, 0.2) is 18.2 Å². The molecule has 1 aromatic carbocycles. The van der Waals surface area contributed by atoms with E-state index in [0.717, 1.165) is 12.8 Å². The predicted molar refractivity (Wildman–Crippen MR) is 59.6 cm³/mol. The summed E-state index contributed by atoms with van der Waals surface area (Å²) in [7, 11) is 0. The Bertz CT molecular complexity index is 496. The van der Waals surface area contributed by atoms with Gasteiger partial charge < -0.3 is 10.8 Å². The van der Waals surface area contributed by atoms with Crippen molar-refractivity contribution in [2.24, 2.45) is 0 Å². The summed E-state index contributed by atoms with van der Waals surface area (Å²) in [6.07, 6.45) is 2.06. The highest BCUT2D eigenvalue weighted by molar-refractivity contribution is 5.84. The van der Waals surface area contributed by atoms with Gasteiger partial charge in [0.15, 0.2) is 0 Å². The van der Waals surface area contributed by atoms with E-state index >= 15 is 0 Å². The van der Waals surface area contributed by atoms with Crippen LogP contribution in [0.4, 0.5) is 5.95 Å². The van der Waals surface area contributed by atoms with Gasteiger partial charge in [0.05, 0.1) is 10.9 Å². The molecule has 2 aromatic rings. The van der Waals surface area contributed by atoms with E-state index in [9.17, 15) is 5.11 Å². The number of anilines is 1. The van der Waals surface area contributed by atoms with Gasteiger partial charge in [-0.05, 0) is 24.1 Å². The van der Waals surface area contributed by atoms with Crippen LogP contribution in [-0.2, 0) is 6.42 Å². The molecule has 0 aliphatic rings. The molecule has 3 N–H and O–H groups in total. The summed E-state index contributed by atoms with van der Waals surface area (Å²) in [5.74, 6) is 0.0543. The maximum absolute atomic E-state index is 9.61. The number of aromatic hydroxyl groups is 1. The zero-order chi connectivity index (χ0) is 10.8. The first kappa shape index (κ1) is 9.71. The lowest BCUT2D eigenvalue weighted by Crippen LogP contribution is -1.95. The molecule has 78 valence electrons. The third-order valence-corrected chi connectivity index (χ3v) is 2.30. The van der Waals surface area contributed by atoms with Crippen LogP contribution >= 0.6 is 0 Å². The SMILES string of the molecule is CCCc1ccc2nc(N)nc(O)c2c1. The van der Waals surface area contributed by atoms with Gasteiger partial charge in [-0.15, -0.1) is 0 Å². The number of nitrogens with two attached hydrogens (primary N) is 1. The van der Waals surface area contributed by atoms with Gasteiger partial charge in [0.2, 0.25) is 11.8 Å². The molecular weight excluding hydrogens is 190 g/mol. The van der Waals surface area contributed by atoms with Gasteiger partial charge in [0, 0.05) is 0 Å². The Morgan fingerprint density at radius 3 is 2.87 bits per heavy atom. The summed E-state index contributed by atoms with van der Waals surface area (Å²) < 4.78 is 0.